The van der Waals surface area contributed by atoms with Crippen LogP contribution in [0.2, 0.25) is 0 Å². The Labute approximate surface area is 78.8 Å². The third-order valence-corrected chi connectivity index (χ3v) is 3.74. The van der Waals surface area contributed by atoms with Crippen molar-refractivity contribution in [2.45, 2.75) is 13.8 Å². The van der Waals surface area contributed by atoms with Crippen molar-refractivity contribution >= 4 is 7.85 Å². The Morgan fingerprint density at radius 3 is 2.00 bits per heavy atom. The van der Waals surface area contributed by atoms with E-state index in [0.29, 0.717) is 0 Å². The van der Waals surface area contributed by atoms with Crippen LogP contribution in [0, 0.1) is 13.8 Å². The van der Waals surface area contributed by atoms with Crippen molar-refractivity contribution in [2.75, 3.05) is 0 Å². The maximum absolute atomic E-state index is 4.52. The number of nitrogens with zero attached hydrogens (tertiary/aromatic N) is 2. The van der Waals surface area contributed by atoms with Gasteiger partial charge in [-0.1, -0.05) is 18.2 Å². The first-order valence-corrected chi connectivity index (χ1v) is 5.48. The molecule has 0 atom stereocenters. The molecule has 0 N–H and O–H groups in total. The van der Waals surface area contributed by atoms with Crippen molar-refractivity contribution in [1.82, 2.24) is 9.49 Å². The van der Waals surface area contributed by atoms with E-state index >= 15 is 0 Å². The predicted octanol–water partition coefficient (Wildman–Crippen LogP) is 3.07. The van der Waals surface area contributed by atoms with E-state index < -0.39 is 7.85 Å². The molecule has 0 amide bonds. The quantitative estimate of drug-likeness (QED) is 0.690. The molecular formula is C10H11N2P. The maximum Gasteiger partial charge on any atom is 0.0991 e. The van der Waals surface area contributed by atoms with Gasteiger partial charge >= 0.3 is 0 Å². The van der Waals surface area contributed by atoms with Gasteiger partial charge in [-0.2, -0.15) is 0 Å². The monoisotopic (exact) mass is 190 g/mol. The van der Waals surface area contributed by atoms with Gasteiger partial charge in [-0.15, -0.1) is 0 Å². The van der Waals surface area contributed by atoms with Gasteiger partial charge in [0, 0.05) is 5.30 Å². The normalized spacial score (nSPS) is 10.3. The van der Waals surface area contributed by atoms with Gasteiger partial charge in [-0.3, -0.25) is 0 Å². The lowest BCUT2D eigenvalue weighted by Gasteiger charge is -1.92. The first-order valence-electron chi connectivity index (χ1n) is 4.23. The van der Waals surface area contributed by atoms with Gasteiger partial charge in [-0.25, -0.2) is 9.49 Å². The van der Waals surface area contributed by atoms with Crippen LogP contribution in [0.3, 0.4) is 0 Å². The Morgan fingerprint density at radius 1 is 0.923 bits per heavy atom. The molecule has 66 valence electrons. The second-order valence-electron chi connectivity index (χ2n) is 3.00. The number of hydrogen-bond donors (Lipinski definition) is 0. The summed E-state index contributed by atoms with van der Waals surface area (Å²) in [5.74, 6) is 0. The number of aryl methyl sites for hydroxylation is 2. The lowest BCUT2D eigenvalue weighted by atomic mass is 10.4. The zero-order valence-corrected chi connectivity index (χ0v) is 8.62. The summed E-state index contributed by atoms with van der Waals surface area (Å²) in [5, 5.41) is 1.23. The van der Waals surface area contributed by atoms with Crippen LogP contribution >= 0.6 is 7.85 Å². The summed E-state index contributed by atoms with van der Waals surface area (Å²) in [6.45, 7) is 4.04. The second kappa shape index (κ2) is 3.31. The highest BCUT2D eigenvalue weighted by molar-refractivity contribution is 7.49. The molecule has 1 aromatic heterocycles. The third kappa shape index (κ3) is 1.63. The number of rotatable bonds is 1. The molecule has 2 rings (SSSR count). The highest BCUT2D eigenvalue weighted by Gasteiger charge is 2.04. The predicted molar refractivity (Wildman–Crippen MR) is 55.6 cm³/mol. The summed E-state index contributed by atoms with van der Waals surface area (Å²) in [6, 6.07) is 10.3. The first-order chi connectivity index (χ1) is 6.27. The lowest BCUT2D eigenvalue weighted by molar-refractivity contribution is 1.22. The van der Waals surface area contributed by atoms with Crippen molar-refractivity contribution in [3.8, 4) is 5.30 Å². The van der Waals surface area contributed by atoms with Crippen molar-refractivity contribution < 1.29 is 0 Å². The van der Waals surface area contributed by atoms with Gasteiger partial charge in [0.15, 0.2) is 0 Å². The summed E-state index contributed by atoms with van der Waals surface area (Å²) < 4.78 is 9.04. The molecule has 2 nitrogen and oxygen atoms in total. The van der Waals surface area contributed by atoms with E-state index in [1.807, 2.05) is 32.0 Å². The van der Waals surface area contributed by atoms with Crippen LogP contribution in [0.25, 0.3) is 5.30 Å². The molecule has 0 bridgehead atoms. The summed E-state index contributed by atoms with van der Waals surface area (Å²) in [6.07, 6.45) is 0. The molecule has 0 aliphatic rings. The number of benzene rings is 1. The van der Waals surface area contributed by atoms with Crippen LogP contribution in [-0.4, -0.2) is 9.49 Å². The standard InChI is InChI=1S/C10H11N2P/c1-8-9(2)12-13(11-8)10-6-4-3-5-7-10/h3-7H,1-2H3. The third-order valence-electron chi connectivity index (χ3n) is 2.00. The van der Waals surface area contributed by atoms with Gasteiger partial charge in [0.25, 0.3) is 0 Å². The molecule has 0 saturated carbocycles. The van der Waals surface area contributed by atoms with Gasteiger partial charge in [0.2, 0.25) is 0 Å². The molecule has 0 aliphatic heterocycles. The van der Waals surface area contributed by atoms with Crippen molar-refractivity contribution in [3.05, 3.63) is 41.7 Å². The summed E-state index contributed by atoms with van der Waals surface area (Å²) in [4.78, 5) is 0. The zero-order valence-electron chi connectivity index (χ0n) is 7.73. The molecule has 1 heterocycles. The molecule has 1 aromatic carbocycles. The van der Waals surface area contributed by atoms with Crippen molar-refractivity contribution in [2.24, 2.45) is 0 Å². The summed E-state index contributed by atoms with van der Waals surface area (Å²) in [7, 11) is -0.643. The van der Waals surface area contributed by atoms with Crippen LogP contribution in [0.5, 0.6) is 0 Å². The SMILES string of the molecule is Cc1np(-c2ccccc2)nc1C. The van der Waals surface area contributed by atoms with Crippen LogP contribution in [-0.2, 0) is 0 Å². The van der Waals surface area contributed by atoms with E-state index in [9.17, 15) is 0 Å². The van der Waals surface area contributed by atoms with Gasteiger partial charge in [0.05, 0.1) is 19.2 Å². The maximum atomic E-state index is 4.52. The molecular weight excluding hydrogens is 179 g/mol. The molecule has 0 radical (unpaired) electrons. The van der Waals surface area contributed by atoms with Crippen LogP contribution in [0.1, 0.15) is 11.4 Å². The Hall–Kier alpha value is -1.14. The van der Waals surface area contributed by atoms with Gasteiger partial charge < -0.3 is 0 Å². The van der Waals surface area contributed by atoms with E-state index in [2.05, 4.69) is 21.6 Å². The Balaban J connectivity index is 2.48. The van der Waals surface area contributed by atoms with Gasteiger partial charge in [-0.05, 0) is 26.0 Å². The summed E-state index contributed by atoms with van der Waals surface area (Å²) >= 11 is 0. The Bertz CT molecular complexity index is 387. The van der Waals surface area contributed by atoms with E-state index in [0.717, 1.165) is 11.4 Å². The van der Waals surface area contributed by atoms with E-state index in [1.165, 1.54) is 5.30 Å². The molecule has 0 saturated heterocycles. The molecule has 0 spiro atoms. The zero-order chi connectivity index (χ0) is 9.26. The molecule has 0 aliphatic carbocycles. The van der Waals surface area contributed by atoms with Gasteiger partial charge in [0.1, 0.15) is 0 Å². The smallest absolute Gasteiger partial charge is 0.0991 e. The van der Waals surface area contributed by atoms with E-state index in [4.69, 9.17) is 0 Å². The number of hydrogen-bond acceptors (Lipinski definition) is 2. The number of aromatic nitrogens is 2. The highest BCUT2D eigenvalue weighted by atomic mass is 31.1. The lowest BCUT2D eigenvalue weighted by Crippen LogP contribution is -1.71. The minimum Gasteiger partial charge on any atom is -0.217 e. The summed E-state index contributed by atoms with van der Waals surface area (Å²) in [5.41, 5.74) is 2.16. The average Bonchev–Trinajstić information content (AvgIpc) is 2.49. The van der Waals surface area contributed by atoms with Crippen molar-refractivity contribution in [1.29, 1.82) is 0 Å². The molecule has 2 aromatic rings. The fourth-order valence-electron chi connectivity index (χ4n) is 1.13. The van der Waals surface area contributed by atoms with Crippen LogP contribution < -0.4 is 0 Å². The van der Waals surface area contributed by atoms with Crippen LogP contribution in [0.15, 0.2) is 30.3 Å². The minimum absolute atomic E-state index is 0.643. The Morgan fingerprint density at radius 2 is 1.46 bits per heavy atom. The molecule has 0 unspecified atom stereocenters. The van der Waals surface area contributed by atoms with Crippen LogP contribution in [0.4, 0.5) is 0 Å². The fraction of sp³-hybridized carbons (Fsp3) is 0.200. The molecule has 0 fully saturated rings. The highest BCUT2D eigenvalue weighted by Crippen LogP contribution is 2.33. The van der Waals surface area contributed by atoms with E-state index in [1.54, 1.807) is 0 Å². The largest absolute Gasteiger partial charge is 0.217 e. The minimum atomic E-state index is -0.643. The molecule has 13 heavy (non-hydrogen) atoms. The fourth-order valence-corrected chi connectivity index (χ4v) is 2.70. The Kier molecular flexibility index (Phi) is 2.15. The average molecular weight is 190 g/mol. The van der Waals surface area contributed by atoms with E-state index in [-0.39, 0.29) is 0 Å². The van der Waals surface area contributed by atoms with Crippen molar-refractivity contribution in [3.63, 3.8) is 0 Å². The first kappa shape index (κ1) is 8.46. The molecule has 3 heteroatoms. The second-order valence-corrected chi connectivity index (χ2v) is 4.49. The topological polar surface area (TPSA) is 25.8 Å².